The summed E-state index contributed by atoms with van der Waals surface area (Å²) in [6, 6.07) is 0.113. The molecular weight excluding hydrogens is 138 g/mol. The molecule has 2 nitrogen and oxygen atoms in total. The minimum atomic E-state index is -0.0891. The number of nitrogens with two attached hydrogens (primary N) is 1. The topological polar surface area (TPSA) is 35.2 Å². The van der Waals surface area contributed by atoms with Crippen LogP contribution < -0.4 is 5.73 Å². The van der Waals surface area contributed by atoms with E-state index in [1.165, 1.54) is 0 Å². The summed E-state index contributed by atoms with van der Waals surface area (Å²) in [6.07, 6.45) is 4.93. The van der Waals surface area contributed by atoms with Crippen LogP contribution in [0.5, 0.6) is 0 Å². The van der Waals surface area contributed by atoms with Gasteiger partial charge in [-0.25, -0.2) is 0 Å². The molecule has 0 aromatic carbocycles. The molecule has 2 heteroatoms. The van der Waals surface area contributed by atoms with Gasteiger partial charge in [-0.2, -0.15) is 0 Å². The molecule has 2 atom stereocenters. The molecule has 1 heterocycles. The molecule has 1 aliphatic rings. The average molecular weight is 155 g/mol. The third-order valence-electron chi connectivity index (χ3n) is 2.45. The SMILES string of the molecule is C=CCC(N)C1(C)CCCO1. The van der Waals surface area contributed by atoms with Gasteiger partial charge in [-0.1, -0.05) is 6.08 Å². The molecule has 11 heavy (non-hydrogen) atoms. The van der Waals surface area contributed by atoms with Crippen LogP contribution in [0.2, 0.25) is 0 Å². The van der Waals surface area contributed by atoms with Gasteiger partial charge in [0.1, 0.15) is 0 Å². The van der Waals surface area contributed by atoms with Gasteiger partial charge >= 0.3 is 0 Å². The summed E-state index contributed by atoms with van der Waals surface area (Å²) >= 11 is 0. The quantitative estimate of drug-likeness (QED) is 0.626. The lowest BCUT2D eigenvalue weighted by Gasteiger charge is -2.29. The summed E-state index contributed by atoms with van der Waals surface area (Å²) in [5.74, 6) is 0. The first kappa shape index (κ1) is 8.75. The average Bonchev–Trinajstić information content (AvgIpc) is 2.38. The van der Waals surface area contributed by atoms with Gasteiger partial charge in [0.05, 0.1) is 5.60 Å². The van der Waals surface area contributed by atoms with E-state index in [1.807, 2.05) is 6.08 Å². The van der Waals surface area contributed by atoms with Crippen molar-refractivity contribution in [3.8, 4) is 0 Å². The Balaban J connectivity index is 2.48. The zero-order valence-electron chi connectivity index (χ0n) is 7.18. The lowest BCUT2D eigenvalue weighted by molar-refractivity contribution is -0.000238. The monoisotopic (exact) mass is 155 g/mol. The predicted molar refractivity (Wildman–Crippen MR) is 46.4 cm³/mol. The fourth-order valence-corrected chi connectivity index (χ4v) is 1.52. The maximum absolute atomic E-state index is 5.93. The number of rotatable bonds is 3. The van der Waals surface area contributed by atoms with Crippen molar-refractivity contribution in [3.63, 3.8) is 0 Å². The van der Waals surface area contributed by atoms with Crippen LogP contribution in [0.15, 0.2) is 12.7 Å². The van der Waals surface area contributed by atoms with Gasteiger partial charge in [-0.05, 0) is 26.2 Å². The van der Waals surface area contributed by atoms with Crippen LogP contribution in [0.25, 0.3) is 0 Å². The van der Waals surface area contributed by atoms with Gasteiger partial charge in [0.2, 0.25) is 0 Å². The highest BCUT2D eigenvalue weighted by Crippen LogP contribution is 2.28. The molecule has 64 valence electrons. The maximum atomic E-state index is 5.93. The molecule has 0 spiro atoms. The van der Waals surface area contributed by atoms with Crippen molar-refractivity contribution >= 4 is 0 Å². The van der Waals surface area contributed by atoms with E-state index in [1.54, 1.807) is 0 Å². The summed E-state index contributed by atoms with van der Waals surface area (Å²) < 4.78 is 5.58. The Morgan fingerprint density at radius 3 is 3.00 bits per heavy atom. The smallest absolute Gasteiger partial charge is 0.0808 e. The minimum Gasteiger partial charge on any atom is -0.374 e. The van der Waals surface area contributed by atoms with Crippen LogP contribution in [-0.4, -0.2) is 18.2 Å². The van der Waals surface area contributed by atoms with E-state index < -0.39 is 0 Å². The Bertz CT molecular complexity index is 138. The second-order valence-electron chi connectivity index (χ2n) is 3.40. The molecule has 1 fully saturated rings. The van der Waals surface area contributed by atoms with Crippen molar-refractivity contribution in [1.82, 2.24) is 0 Å². The van der Waals surface area contributed by atoms with Crippen molar-refractivity contribution in [2.24, 2.45) is 5.73 Å². The Labute approximate surface area is 68.4 Å². The number of hydrogen-bond acceptors (Lipinski definition) is 2. The second kappa shape index (κ2) is 3.37. The largest absolute Gasteiger partial charge is 0.374 e. The molecule has 0 radical (unpaired) electrons. The number of ether oxygens (including phenoxy) is 1. The summed E-state index contributed by atoms with van der Waals surface area (Å²) in [5.41, 5.74) is 5.84. The fourth-order valence-electron chi connectivity index (χ4n) is 1.52. The first-order valence-corrected chi connectivity index (χ1v) is 4.19. The van der Waals surface area contributed by atoms with Crippen molar-refractivity contribution in [1.29, 1.82) is 0 Å². The molecular formula is C9H17NO. The van der Waals surface area contributed by atoms with Gasteiger partial charge in [-0.15, -0.1) is 6.58 Å². The van der Waals surface area contributed by atoms with E-state index in [-0.39, 0.29) is 11.6 Å². The summed E-state index contributed by atoms with van der Waals surface area (Å²) in [4.78, 5) is 0. The van der Waals surface area contributed by atoms with Crippen molar-refractivity contribution < 1.29 is 4.74 Å². The molecule has 1 saturated heterocycles. The van der Waals surface area contributed by atoms with Crippen LogP contribution in [0.3, 0.4) is 0 Å². The zero-order chi connectivity index (χ0) is 8.32. The van der Waals surface area contributed by atoms with E-state index >= 15 is 0 Å². The first-order valence-electron chi connectivity index (χ1n) is 4.19. The highest BCUT2D eigenvalue weighted by Gasteiger charge is 2.35. The Hall–Kier alpha value is -0.340. The van der Waals surface area contributed by atoms with Crippen LogP contribution in [-0.2, 0) is 4.74 Å². The Morgan fingerprint density at radius 1 is 1.82 bits per heavy atom. The van der Waals surface area contributed by atoms with Gasteiger partial charge in [-0.3, -0.25) is 0 Å². The van der Waals surface area contributed by atoms with Crippen LogP contribution in [0.1, 0.15) is 26.2 Å². The van der Waals surface area contributed by atoms with E-state index in [0.717, 1.165) is 25.9 Å². The minimum absolute atomic E-state index is 0.0891. The molecule has 0 aromatic heterocycles. The van der Waals surface area contributed by atoms with E-state index in [4.69, 9.17) is 10.5 Å². The number of hydrogen-bond donors (Lipinski definition) is 1. The summed E-state index contributed by atoms with van der Waals surface area (Å²) in [5, 5.41) is 0. The fraction of sp³-hybridized carbons (Fsp3) is 0.778. The molecule has 1 aliphatic heterocycles. The molecule has 1 rings (SSSR count). The van der Waals surface area contributed by atoms with Gasteiger partial charge < -0.3 is 10.5 Å². The standard InChI is InChI=1S/C9H17NO/c1-3-5-8(10)9(2)6-4-7-11-9/h3,8H,1,4-7,10H2,2H3. The highest BCUT2D eigenvalue weighted by molar-refractivity contribution is 4.93. The van der Waals surface area contributed by atoms with Crippen molar-refractivity contribution in [2.75, 3.05) is 6.61 Å². The highest BCUT2D eigenvalue weighted by atomic mass is 16.5. The molecule has 2 N–H and O–H groups in total. The van der Waals surface area contributed by atoms with Gasteiger partial charge in [0, 0.05) is 12.6 Å². The van der Waals surface area contributed by atoms with Crippen LogP contribution in [0, 0.1) is 0 Å². The van der Waals surface area contributed by atoms with E-state index in [0.29, 0.717) is 0 Å². The predicted octanol–water partition coefficient (Wildman–Crippen LogP) is 1.46. The van der Waals surface area contributed by atoms with Gasteiger partial charge in [0.15, 0.2) is 0 Å². The van der Waals surface area contributed by atoms with Gasteiger partial charge in [0.25, 0.3) is 0 Å². The van der Waals surface area contributed by atoms with E-state index in [9.17, 15) is 0 Å². The Morgan fingerprint density at radius 2 is 2.55 bits per heavy atom. The van der Waals surface area contributed by atoms with Crippen molar-refractivity contribution in [2.45, 2.75) is 37.8 Å². The van der Waals surface area contributed by atoms with E-state index in [2.05, 4.69) is 13.5 Å². The molecule has 0 bridgehead atoms. The molecule has 0 amide bonds. The second-order valence-corrected chi connectivity index (χ2v) is 3.40. The van der Waals surface area contributed by atoms with Crippen LogP contribution >= 0.6 is 0 Å². The normalized spacial score (nSPS) is 33.6. The third-order valence-corrected chi connectivity index (χ3v) is 2.45. The zero-order valence-corrected chi connectivity index (χ0v) is 7.18. The maximum Gasteiger partial charge on any atom is 0.0808 e. The summed E-state index contributed by atoms with van der Waals surface area (Å²) in [6.45, 7) is 6.62. The molecule has 0 saturated carbocycles. The molecule has 2 unspecified atom stereocenters. The first-order chi connectivity index (χ1) is 5.19. The van der Waals surface area contributed by atoms with Crippen molar-refractivity contribution in [3.05, 3.63) is 12.7 Å². The van der Waals surface area contributed by atoms with Crippen LogP contribution in [0.4, 0.5) is 0 Å². The lowest BCUT2D eigenvalue weighted by atomic mass is 9.92. The third kappa shape index (κ3) is 1.82. The lowest BCUT2D eigenvalue weighted by Crippen LogP contribution is -2.44. The molecule has 0 aromatic rings. The molecule has 0 aliphatic carbocycles. The summed E-state index contributed by atoms with van der Waals surface area (Å²) in [7, 11) is 0. The Kier molecular flexibility index (Phi) is 2.68.